The maximum Gasteiger partial charge on any atom is 0.260 e. The van der Waals surface area contributed by atoms with Crippen LogP contribution in [-0.2, 0) is 27.7 Å². The predicted octanol–water partition coefficient (Wildman–Crippen LogP) is 3.34. The highest BCUT2D eigenvalue weighted by molar-refractivity contribution is 7.89. The van der Waals surface area contributed by atoms with Gasteiger partial charge in [-0.2, -0.15) is 4.31 Å². The molecule has 0 unspecified atom stereocenters. The average molecular weight is 515 g/mol. The van der Waals surface area contributed by atoms with Crippen LogP contribution >= 0.6 is 11.3 Å². The number of sulfonamides is 1. The molecule has 1 aliphatic heterocycles. The molecular formula is C25H30N4O4S2. The number of nitrogens with zero attached hydrogens (tertiary/aromatic N) is 4. The average Bonchev–Trinajstić information content (AvgIpc) is 3.20. The van der Waals surface area contributed by atoms with E-state index in [0.717, 1.165) is 40.6 Å². The minimum Gasteiger partial charge on any atom is -0.467 e. The number of fused-ring (bicyclic) bond motifs is 3. The van der Waals surface area contributed by atoms with Gasteiger partial charge in [0.15, 0.2) is 6.61 Å². The highest BCUT2D eigenvalue weighted by Gasteiger charge is 2.31. The van der Waals surface area contributed by atoms with Crippen molar-refractivity contribution in [1.29, 1.82) is 0 Å². The van der Waals surface area contributed by atoms with Crippen molar-refractivity contribution in [2.75, 3.05) is 32.8 Å². The number of piperazine rings is 1. The summed E-state index contributed by atoms with van der Waals surface area (Å²) in [5.41, 5.74) is 3.02. The van der Waals surface area contributed by atoms with Crippen molar-refractivity contribution in [2.24, 2.45) is 5.92 Å². The van der Waals surface area contributed by atoms with Gasteiger partial charge in [0.05, 0.1) is 10.3 Å². The number of carbonyl (C=O) groups is 1. The maximum atomic E-state index is 13.1. The highest BCUT2D eigenvalue weighted by atomic mass is 32.2. The van der Waals surface area contributed by atoms with E-state index in [1.54, 1.807) is 22.3 Å². The van der Waals surface area contributed by atoms with Crippen molar-refractivity contribution in [1.82, 2.24) is 19.2 Å². The van der Waals surface area contributed by atoms with Crippen LogP contribution in [0, 0.1) is 19.8 Å². The molecule has 1 fully saturated rings. The molecule has 0 saturated carbocycles. The minimum atomic E-state index is -3.60. The third-order valence-electron chi connectivity index (χ3n) is 6.93. The van der Waals surface area contributed by atoms with Crippen LogP contribution in [0.4, 0.5) is 0 Å². The Kier molecular flexibility index (Phi) is 6.54. The van der Waals surface area contributed by atoms with Crippen LogP contribution in [0.1, 0.15) is 34.9 Å². The molecule has 1 atom stereocenters. The van der Waals surface area contributed by atoms with Crippen LogP contribution in [-0.4, -0.2) is 66.3 Å². The Labute approximate surface area is 210 Å². The van der Waals surface area contributed by atoms with Gasteiger partial charge in [0.25, 0.3) is 5.91 Å². The van der Waals surface area contributed by atoms with Crippen LogP contribution in [0.5, 0.6) is 5.88 Å². The molecule has 0 radical (unpaired) electrons. The summed E-state index contributed by atoms with van der Waals surface area (Å²) in [4.78, 5) is 25.9. The van der Waals surface area contributed by atoms with Crippen molar-refractivity contribution < 1.29 is 17.9 Å². The fourth-order valence-corrected chi connectivity index (χ4v) is 7.95. The van der Waals surface area contributed by atoms with E-state index in [9.17, 15) is 13.2 Å². The quantitative estimate of drug-likeness (QED) is 0.519. The van der Waals surface area contributed by atoms with E-state index in [0.29, 0.717) is 29.8 Å². The molecule has 10 heteroatoms. The Balaban J connectivity index is 1.23. The Bertz CT molecular complexity index is 1380. The van der Waals surface area contributed by atoms with Crippen molar-refractivity contribution >= 4 is 37.5 Å². The predicted molar refractivity (Wildman–Crippen MR) is 135 cm³/mol. The SMILES string of the molecule is Cc1ccc(S(=O)(=O)N2CCN(C(=O)COc3ncnc4sc5c(c34)CC[C@@H](C)C5)CC2)c(C)c1. The standard InChI is InChI=1S/C25H30N4O4S2/c1-16-5-7-21(18(3)12-16)35(31,32)29-10-8-28(9-11-29)22(30)14-33-24-23-19-6-4-17(2)13-20(19)34-25(23)27-15-26-24/h5,7,12,15,17H,4,6,8-11,13-14H2,1-3H3/t17-/m1/s1. The van der Waals surface area contributed by atoms with Crippen LogP contribution < -0.4 is 4.74 Å². The Morgan fingerprint density at radius 2 is 1.94 bits per heavy atom. The summed E-state index contributed by atoms with van der Waals surface area (Å²) in [6, 6.07) is 5.35. The second-order valence-electron chi connectivity index (χ2n) is 9.55. The third-order valence-corrected chi connectivity index (χ3v) is 10.2. The molecule has 186 valence electrons. The van der Waals surface area contributed by atoms with Gasteiger partial charge in [0, 0.05) is 31.1 Å². The fraction of sp³-hybridized carbons (Fsp3) is 0.480. The van der Waals surface area contributed by atoms with Gasteiger partial charge in [-0.1, -0.05) is 24.6 Å². The van der Waals surface area contributed by atoms with Gasteiger partial charge in [-0.25, -0.2) is 18.4 Å². The number of aromatic nitrogens is 2. The fourth-order valence-electron chi connectivity index (χ4n) is 4.98. The summed E-state index contributed by atoms with van der Waals surface area (Å²) in [5.74, 6) is 0.955. The van der Waals surface area contributed by atoms with Crippen molar-refractivity contribution in [3.63, 3.8) is 0 Å². The molecular weight excluding hydrogens is 484 g/mol. The van der Waals surface area contributed by atoms with E-state index in [1.165, 1.54) is 21.1 Å². The first-order valence-corrected chi connectivity index (χ1v) is 14.2. The highest BCUT2D eigenvalue weighted by Crippen LogP contribution is 2.40. The Hall–Kier alpha value is -2.56. The van der Waals surface area contributed by atoms with Crippen LogP contribution in [0.2, 0.25) is 0 Å². The first kappa shape index (κ1) is 24.1. The molecule has 5 rings (SSSR count). The number of ether oxygens (including phenoxy) is 1. The summed E-state index contributed by atoms with van der Waals surface area (Å²) in [7, 11) is -3.60. The number of amides is 1. The van der Waals surface area contributed by atoms with Gasteiger partial charge in [-0.3, -0.25) is 4.79 Å². The molecule has 3 aromatic rings. The number of aryl methyl sites for hydroxylation is 3. The molecule has 1 aliphatic carbocycles. The Morgan fingerprint density at radius 1 is 1.17 bits per heavy atom. The van der Waals surface area contributed by atoms with Crippen molar-refractivity contribution in [3.05, 3.63) is 46.1 Å². The minimum absolute atomic E-state index is 0.128. The lowest BCUT2D eigenvalue weighted by Crippen LogP contribution is -2.51. The largest absolute Gasteiger partial charge is 0.467 e. The molecule has 1 aromatic carbocycles. The van der Waals surface area contributed by atoms with Crippen LogP contribution in [0.25, 0.3) is 10.2 Å². The number of carbonyl (C=O) groups excluding carboxylic acids is 1. The second kappa shape index (κ2) is 9.48. The monoisotopic (exact) mass is 514 g/mol. The molecule has 1 saturated heterocycles. The first-order valence-electron chi connectivity index (χ1n) is 12.0. The summed E-state index contributed by atoms with van der Waals surface area (Å²) in [6.45, 7) is 7.07. The lowest BCUT2D eigenvalue weighted by atomic mass is 9.89. The van der Waals surface area contributed by atoms with Gasteiger partial charge in [0.1, 0.15) is 11.2 Å². The molecule has 3 heterocycles. The van der Waals surface area contributed by atoms with E-state index < -0.39 is 10.0 Å². The van der Waals surface area contributed by atoms with E-state index in [1.807, 2.05) is 26.0 Å². The summed E-state index contributed by atoms with van der Waals surface area (Å²) in [5, 5.41) is 0.941. The van der Waals surface area contributed by atoms with Gasteiger partial charge >= 0.3 is 0 Å². The smallest absolute Gasteiger partial charge is 0.260 e. The normalized spacial score (nSPS) is 19.1. The molecule has 0 spiro atoms. The van der Waals surface area contributed by atoms with E-state index >= 15 is 0 Å². The molecule has 0 bridgehead atoms. The van der Waals surface area contributed by atoms with Gasteiger partial charge in [-0.05, 0) is 56.2 Å². The Morgan fingerprint density at radius 3 is 2.69 bits per heavy atom. The second-order valence-corrected chi connectivity index (χ2v) is 12.5. The number of benzene rings is 1. The zero-order valence-corrected chi connectivity index (χ0v) is 21.9. The van der Waals surface area contributed by atoms with Crippen molar-refractivity contribution in [2.45, 2.75) is 44.9 Å². The number of rotatable bonds is 5. The van der Waals surface area contributed by atoms with E-state index in [2.05, 4.69) is 16.9 Å². The maximum absolute atomic E-state index is 13.1. The van der Waals surface area contributed by atoms with Crippen LogP contribution in [0.3, 0.4) is 0 Å². The van der Waals surface area contributed by atoms with E-state index in [-0.39, 0.29) is 25.6 Å². The molecule has 1 amide bonds. The molecule has 8 nitrogen and oxygen atoms in total. The first-order chi connectivity index (χ1) is 16.7. The summed E-state index contributed by atoms with van der Waals surface area (Å²) in [6.07, 6.45) is 4.64. The number of hydrogen-bond donors (Lipinski definition) is 0. The van der Waals surface area contributed by atoms with Gasteiger partial charge in [0.2, 0.25) is 15.9 Å². The molecule has 0 N–H and O–H groups in total. The van der Waals surface area contributed by atoms with Crippen LogP contribution in [0.15, 0.2) is 29.4 Å². The molecule has 2 aromatic heterocycles. The topological polar surface area (TPSA) is 92.7 Å². The lowest BCUT2D eigenvalue weighted by molar-refractivity contribution is -0.134. The number of thiophene rings is 1. The zero-order valence-electron chi connectivity index (χ0n) is 20.3. The lowest BCUT2D eigenvalue weighted by Gasteiger charge is -2.34. The summed E-state index contributed by atoms with van der Waals surface area (Å²) < 4.78 is 33.6. The van der Waals surface area contributed by atoms with Gasteiger partial charge in [-0.15, -0.1) is 11.3 Å². The van der Waals surface area contributed by atoms with Gasteiger partial charge < -0.3 is 9.64 Å². The third kappa shape index (κ3) is 4.66. The van der Waals surface area contributed by atoms with Crippen molar-refractivity contribution in [3.8, 4) is 5.88 Å². The molecule has 35 heavy (non-hydrogen) atoms. The molecule has 2 aliphatic rings. The number of hydrogen-bond acceptors (Lipinski definition) is 7. The van der Waals surface area contributed by atoms with E-state index in [4.69, 9.17) is 4.74 Å². The zero-order chi connectivity index (χ0) is 24.7. The summed E-state index contributed by atoms with van der Waals surface area (Å²) >= 11 is 1.69.